The number of fused-ring (bicyclic) bond motifs is 1. The second-order valence-corrected chi connectivity index (χ2v) is 4.06. The Labute approximate surface area is 123 Å². The third kappa shape index (κ3) is 2.65. The third-order valence-electron chi connectivity index (χ3n) is 2.90. The van der Waals surface area contributed by atoms with E-state index in [1.54, 1.807) is 13.4 Å². The average Bonchev–Trinajstić information content (AvgIpc) is 2.48. The molecule has 3 aromatic rings. The van der Waals surface area contributed by atoms with Crippen molar-refractivity contribution >= 4 is 22.4 Å². The smallest absolute Gasteiger partial charge is 0.142 e. The highest BCUT2D eigenvalue weighted by molar-refractivity contribution is 5.90. The molecule has 1 N–H and O–H groups in total. The lowest BCUT2D eigenvalue weighted by Crippen LogP contribution is -3.00. The van der Waals surface area contributed by atoms with Crippen LogP contribution in [-0.2, 0) is 0 Å². The zero-order valence-corrected chi connectivity index (χ0v) is 11.6. The number of nitrogens with one attached hydrogen (secondary N) is 1. The van der Waals surface area contributed by atoms with Gasteiger partial charge in [0.15, 0.2) is 0 Å². The molecule has 0 unspecified atom stereocenters. The highest BCUT2D eigenvalue weighted by Gasteiger charge is 2.06. The van der Waals surface area contributed by atoms with Gasteiger partial charge in [-0.3, -0.25) is 0 Å². The largest absolute Gasteiger partial charge is 1.00 e. The van der Waals surface area contributed by atoms with Gasteiger partial charge in [-0.1, -0.05) is 24.3 Å². The molecule has 2 aromatic carbocycles. The highest BCUT2D eigenvalue weighted by Crippen LogP contribution is 2.28. The summed E-state index contributed by atoms with van der Waals surface area (Å²) >= 11 is 0. The molecule has 0 bridgehead atoms. The van der Waals surface area contributed by atoms with E-state index in [-0.39, 0.29) is 12.4 Å². The molecule has 0 aliphatic carbocycles. The molecule has 1 heterocycles. The number of hydrogen-bond donors (Lipinski definition) is 1. The van der Waals surface area contributed by atoms with E-state index in [1.165, 1.54) is 0 Å². The van der Waals surface area contributed by atoms with E-state index in [0.29, 0.717) is 0 Å². The lowest BCUT2D eigenvalue weighted by molar-refractivity contribution is -0.00000414. The molecule has 0 spiro atoms. The van der Waals surface area contributed by atoms with Crippen LogP contribution in [0.1, 0.15) is 0 Å². The predicted molar refractivity (Wildman–Crippen MR) is 75.8 cm³/mol. The van der Waals surface area contributed by atoms with E-state index in [4.69, 9.17) is 4.74 Å². The molecule has 3 rings (SSSR count). The number of methoxy groups -OCH3 is 1. The van der Waals surface area contributed by atoms with Crippen LogP contribution in [0.5, 0.6) is 5.75 Å². The van der Waals surface area contributed by atoms with Crippen LogP contribution < -0.4 is 22.5 Å². The summed E-state index contributed by atoms with van der Waals surface area (Å²) in [6.45, 7) is 0. The number of para-hydroxylation sites is 3. The summed E-state index contributed by atoms with van der Waals surface area (Å²) in [5.41, 5.74) is 1.80. The van der Waals surface area contributed by atoms with E-state index in [9.17, 15) is 0 Å². The number of aromatic nitrogens is 2. The van der Waals surface area contributed by atoms with Crippen LogP contribution in [0.4, 0.5) is 11.5 Å². The number of anilines is 2. The Morgan fingerprint density at radius 1 is 0.950 bits per heavy atom. The van der Waals surface area contributed by atoms with Crippen LogP contribution >= 0.6 is 0 Å². The van der Waals surface area contributed by atoms with Crippen molar-refractivity contribution in [3.8, 4) is 5.75 Å². The first-order valence-corrected chi connectivity index (χ1v) is 5.98. The van der Waals surface area contributed by atoms with E-state index in [1.807, 2.05) is 48.5 Å². The van der Waals surface area contributed by atoms with Crippen molar-refractivity contribution in [1.82, 2.24) is 9.97 Å². The standard InChI is InChI=1S/C15H13N3O.ClH/c1-19-14-9-5-4-8-13(14)18-15-11-6-2-3-7-12(11)16-10-17-15;/h2-10H,1H3,(H,16,17,18);1H/p-1. The van der Waals surface area contributed by atoms with Crippen molar-refractivity contribution in [3.05, 3.63) is 54.9 Å². The van der Waals surface area contributed by atoms with E-state index in [0.717, 1.165) is 28.2 Å². The first-order chi connectivity index (χ1) is 9.38. The summed E-state index contributed by atoms with van der Waals surface area (Å²) in [5, 5.41) is 4.27. The molecule has 20 heavy (non-hydrogen) atoms. The van der Waals surface area contributed by atoms with Crippen molar-refractivity contribution in [2.75, 3.05) is 12.4 Å². The van der Waals surface area contributed by atoms with E-state index >= 15 is 0 Å². The first kappa shape index (κ1) is 14.1. The Kier molecular flexibility index (Phi) is 4.38. The van der Waals surface area contributed by atoms with Crippen molar-refractivity contribution in [3.63, 3.8) is 0 Å². The second-order valence-electron chi connectivity index (χ2n) is 4.06. The Balaban J connectivity index is 0.00000147. The monoisotopic (exact) mass is 286 g/mol. The van der Waals surface area contributed by atoms with Gasteiger partial charge in [0.2, 0.25) is 0 Å². The van der Waals surface area contributed by atoms with Crippen molar-refractivity contribution in [2.45, 2.75) is 0 Å². The molecule has 5 heteroatoms. The van der Waals surface area contributed by atoms with Gasteiger partial charge < -0.3 is 22.5 Å². The van der Waals surface area contributed by atoms with Gasteiger partial charge in [-0.2, -0.15) is 0 Å². The Bertz CT molecular complexity index is 713. The normalized spacial score (nSPS) is 9.85. The van der Waals surface area contributed by atoms with Gasteiger partial charge in [-0.05, 0) is 24.3 Å². The van der Waals surface area contributed by atoms with Crippen molar-refractivity contribution < 1.29 is 17.1 Å². The van der Waals surface area contributed by atoms with Gasteiger partial charge in [0.05, 0.1) is 18.3 Å². The SMILES string of the molecule is COc1ccccc1Nc1ncnc2ccccc12.[Cl-]. The van der Waals surface area contributed by atoms with Gasteiger partial charge >= 0.3 is 0 Å². The molecule has 0 aliphatic heterocycles. The second kappa shape index (κ2) is 6.21. The molecule has 4 nitrogen and oxygen atoms in total. The lowest BCUT2D eigenvalue weighted by atomic mass is 10.2. The fourth-order valence-corrected chi connectivity index (χ4v) is 1.98. The van der Waals surface area contributed by atoms with Gasteiger partial charge in [0.1, 0.15) is 17.9 Å². The zero-order valence-electron chi connectivity index (χ0n) is 10.9. The first-order valence-electron chi connectivity index (χ1n) is 5.98. The molecular formula is C15H13ClN3O-. The Hall–Kier alpha value is -2.33. The van der Waals surface area contributed by atoms with Gasteiger partial charge in [0.25, 0.3) is 0 Å². The van der Waals surface area contributed by atoms with Crippen molar-refractivity contribution in [2.24, 2.45) is 0 Å². The lowest BCUT2D eigenvalue weighted by Gasteiger charge is -2.11. The zero-order chi connectivity index (χ0) is 13.1. The summed E-state index contributed by atoms with van der Waals surface area (Å²) in [7, 11) is 1.65. The minimum atomic E-state index is 0. The third-order valence-corrected chi connectivity index (χ3v) is 2.90. The van der Waals surface area contributed by atoms with Crippen LogP contribution in [0.15, 0.2) is 54.9 Å². The van der Waals surface area contributed by atoms with E-state index < -0.39 is 0 Å². The van der Waals surface area contributed by atoms with Crippen LogP contribution in [0.2, 0.25) is 0 Å². The number of hydrogen-bond acceptors (Lipinski definition) is 4. The molecule has 102 valence electrons. The van der Waals surface area contributed by atoms with Crippen LogP contribution in [0.25, 0.3) is 10.9 Å². The number of rotatable bonds is 3. The molecule has 0 fully saturated rings. The molecular weight excluding hydrogens is 274 g/mol. The maximum Gasteiger partial charge on any atom is 0.142 e. The molecule has 0 saturated carbocycles. The van der Waals surface area contributed by atoms with Crippen molar-refractivity contribution in [1.29, 1.82) is 0 Å². The van der Waals surface area contributed by atoms with Gasteiger partial charge in [0, 0.05) is 5.39 Å². The average molecular weight is 287 g/mol. The number of halogens is 1. The molecule has 0 saturated heterocycles. The summed E-state index contributed by atoms with van der Waals surface area (Å²) in [6, 6.07) is 15.6. The summed E-state index contributed by atoms with van der Waals surface area (Å²) in [6.07, 6.45) is 1.56. The maximum atomic E-state index is 5.32. The summed E-state index contributed by atoms with van der Waals surface area (Å²) < 4.78 is 5.32. The van der Waals surface area contributed by atoms with Crippen LogP contribution in [0.3, 0.4) is 0 Å². The maximum absolute atomic E-state index is 5.32. The fraction of sp³-hybridized carbons (Fsp3) is 0.0667. The minimum Gasteiger partial charge on any atom is -1.00 e. The Morgan fingerprint density at radius 2 is 1.70 bits per heavy atom. The number of nitrogens with zero attached hydrogens (tertiary/aromatic N) is 2. The molecule has 0 radical (unpaired) electrons. The highest BCUT2D eigenvalue weighted by atomic mass is 35.5. The molecule has 0 aliphatic rings. The van der Waals surface area contributed by atoms with Gasteiger partial charge in [-0.15, -0.1) is 0 Å². The molecule has 1 aromatic heterocycles. The molecule has 0 amide bonds. The topological polar surface area (TPSA) is 47.0 Å². The summed E-state index contributed by atoms with van der Waals surface area (Å²) in [5.74, 6) is 1.56. The quantitative estimate of drug-likeness (QED) is 0.756. The summed E-state index contributed by atoms with van der Waals surface area (Å²) in [4.78, 5) is 8.54. The fourth-order valence-electron chi connectivity index (χ4n) is 1.98. The van der Waals surface area contributed by atoms with Gasteiger partial charge in [-0.25, -0.2) is 9.97 Å². The number of ether oxygens (including phenoxy) is 1. The molecule has 0 atom stereocenters. The number of benzene rings is 2. The minimum absolute atomic E-state index is 0. The predicted octanol–water partition coefficient (Wildman–Crippen LogP) is 0.386. The Morgan fingerprint density at radius 3 is 2.55 bits per heavy atom. The van der Waals surface area contributed by atoms with E-state index in [2.05, 4.69) is 15.3 Å². The van der Waals surface area contributed by atoms with Crippen LogP contribution in [0, 0.1) is 0 Å². The van der Waals surface area contributed by atoms with Crippen LogP contribution in [-0.4, -0.2) is 17.1 Å².